The van der Waals surface area contributed by atoms with Crippen LogP contribution in [0.4, 0.5) is 11.6 Å². The van der Waals surface area contributed by atoms with Gasteiger partial charge >= 0.3 is 5.69 Å². The number of aryl methyl sites for hydroxylation is 3. The maximum atomic E-state index is 12.6. The predicted octanol–water partition coefficient (Wildman–Crippen LogP) is 3.66. The first-order valence-electron chi connectivity index (χ1n) is 10.5. The minimum atomic E-state index is -0.556. The van der Waals surface area contributed by atoms with Crippen molar-refractivity contribution in [1.29, 1.82) is 0 Å². The Labute approximate surface area is 186 Å². The second-order valence-corrected chi connectivity index (χ2v) is 7.71. The molecular weight excluding hydrogens is 422 g/mol. The lowest BCUT2D eigenvalue weighted by atomic mass is 10.1. The molecule has 0 saturated carbocycles. The minimum Gasteiger partial charge on any atom is -0.493 e. The molecule has 3 aromatic heterocycles. The minimum absolute atomic E-state index is 0.114. The van der Waals surface area contributed by atoms with Crippen molar-refractivity contribution in [3.05, 3.63) is 81.0 Å². The van der Waals surface area contributed by atoms with E-state index < -0.39 is 11.2 Å². The normalized spacial score (nSPS) is 11.8. The van der Waals surface area contributed by atoms with Crippen molar-refractivity contribution >= 4 is 33.7 Å². The molecule has 0 amide bonds. The van der Waals surface area contributed by atoms with Crippen LogP contribution in [-0.4, -0.2) is 29.2 Å². The maximum absolute atomic E-state index is 12.6. The molecule has 0 atom stereocenters. The summed E-state index contributed by atoms with van der Waals surface area (Å²) in [4.78, 5) is 34.3. The Hall–Kier alpha value is -4.47. The number of rotatable bonds is 6. The molecule has 33 heavy (non-hydrogen) atoms. The van der Waals surface area contributed by atoms with Crippen LogP contribution in [0.3, 0.4) is 0 Å². The zero-order valence-electron chi connectivity index (χ0n) is 17.8. The number of imidazole rings is 1. The van der Waals surface area contributed by atoms with E-state index in [1.807, 2.05) is 54.6 Å². The number of H-pyrrole nitrogens is 2. The summed E-state index contributed by atoms with van der Waals surface area (Å²) < 4.78 is 2.93. The van der Waals surface area contributed by atoms with Gasteiger partial charge in [-0.05, 0) is 24.5 Å². The summed E-state index contributed by atoms with van der Waals surface area (Å²) in [5.74, 6) is 0.0615. The highest BCUT2D eigenvalue weighted by Gasteiger charge is 2.18. The fraction of sp³-hybridized carbons (Fsp3) is 0.174. The van der Waals surface area contributed by atoms with Crippen LogP contribution in [0.25, 0.3) is 22.1 Å². The molecule has 0 aliphatic rings. The molecule has 0 bridgehead atoms. The van der Waals surface area contributed by atoms with Crippen molar-refractivity contribution in [2.75, 3.05) is 0 Å². The molecule has 0 radical (unpaired) electrons. The number of hydrogen-bond donors (Lipinski definition) is 3. The van der Waals surface area contributed by atoms with Gasteiger partial charge in [0.1, 0.15) is 0 Å². The molecule has 0 fully saturated rings. The third-order valence-electron chi connectivity index (χ3n) is 5.58. The van der Waals surface area contributed by atoms with E-state index in [1.54, 1.807) is 4.57 Å². The number of nitrogens with one attached hydrogen (secondary N) is 2. The van der Waals surface area contributed by atoms with Gasteiger partial charge in [-0.3, -0.25) is 14.3 Å². The fourth-order valence-electron chi connectivity index (χ4n) is 3.91. The topological polar surface area (TPSA) is 133 Å². The highest BCUT2D eigenvalue weighted by atomic mass is 16.3. The molecule has 3 heterocycles. The Bertz CT molecular complexity index is 1610. The highest BCUT2D eigenvalue weighted by molar-refractivity contribution is 5.94. The van der Waals surface area contributed by atoms with E-state index in [0.717, 1.165) is 18.4 Å². The Morgan fingerprint density at radius 3 is 2.58 bits per heavy atom. The molecule has 10 nitrogen and oxygen atoms in total. The van der Waals surface area contributed by atoms with E-state index in [1.165, 1.54) is 17.2 Å². The van der Waals surface area contributed by atoms with Gasteiger partial charge in [0.2, 0.25) is 5.88 Å². The number of azo groups is 1. The second kappa shape index (κ2) is 8.23. The van der Waals surface area contributed by atoms with Crippen LogP contribution in [0.1, 0.15) is 12.0 Å². The number of aromatic amines is 2. The molecule has 0 unspecified atom stereocenters. The third-order valence-corrected chi connectivity index (χ3v) is 5.58. The SMILES string of the molecule is Cn1c(=O)[nH]c(=O)c2c1nc(N=Nc1c(O)[nH]c3ccccc13)n2CCCc1ccccc1. The van der Waals surface area contributed by atoms with E-state index in [0.29, 0.717) is 11.9 Å². The van der Waals surface area contributed by atoms with E-state index in [9.17, 15) is 14.7 Å². The third kappa shape index (κ3) is 3.71. The molecule has 2 aromatic carbocycles. The van der Waals surface area contributed by atoms with Crippen LogP contribution in [0.15, 0.2) is 74.4 Å². The molecule has 3 N–H and O–H groups in total. The van der Waals surface area contributed by atoms with Crippen molar-refractivity contribution in [2.24, 2.45) is 17.3 Å². The van der Waals surface area contributed by atoms with Gasteiger partial charge in [-0.15, -0.1) is 10.2 Å². The summed E-state index contributed by atoms with van der Waals surface area (Å²) in [7, 11) is 1.54. The van der Waals surface area contributed by atoms with E-state index in [-0.39, 0.29) is 28.7 Å². The summed E-state index contributed by atoms with van der Waals surface area (Å²) in [6.07, 6.45) is 1.52. The second-order valence-electron chi connectivity index (χ2n) is 7.71. The van der Waals surface area contributed by atoms with Crippen molar-refractivity contribution in [3.63, 3.8) is 0 Å². The molecule has 5 aromatic rings. The fourth-order valence-corrected chi connectivity index (χ4v) is 3.91. The van der Waals surface area contributed by atoms with Gasteiger partial charge in [0.15, 0.2) is 16.9 Å². The molecule has 166 valence electrons. The van der Waals surface area contributed by atoms with E-state index in [2.05, 4.69) is 25.2 Å². The average molecular weight is 443 g/mol. The van der Waals surface area contributed by atoms with Crippen molar-refractivity contribution in [2.45, 2.75) is 19.4 Å². The Morgan fingerprint density at radius 1 is 1.00 bits per heavy atom. The zero-order valence-corrected chi connectivity index (χ0v) is 17.8. The number of hydrogen-bond acceptors (Lipinski definition) is 6. The van der Waals surface area contributed by atoms with Crippen LogP contribution in [0, 0.1) is 0 Å². The lowest BCUT2D eigenvalue weighted by molar-refractivity contribution is 0.459. The van der Waals surface area contributed by atoms with Crippen molar-refractivity contribution in [3.8, 4) is 5.88 Å². The Balaban J connectivity index is 1.57. The monoisotopic (exact) mass is 443 g/mol. The first kappa shape index (κ1) is 20.4. The maximum Gasteiger partial charge on any atom is 0.329 e. The molecule has 10 heteroatoms. The molecule has 0 saturated heterocycles. The zero-order chi connectivity index (χ0) is 22.9. The molecule has 5 rings (SSSR count). The quantitative estimate of drug-likeness (QED) is 0.345. The van der Waals surface area contributed by atoms with Gasteiger partial charge in [-0.2, -0.15) is 4.98 Å². The number of para-hydroxylation sites is 1. The largest absolute Gasteiger partial charge is 0.493 e. The number of nitrogens with zero attached hydrogens (tertiary/aromatic N) is 5. The Morgan fingerprint density at radius 2 is 1.76 bits per heavy atom. The standard InChI is InChI=1S/C23H21N7O3/c1-29-19-18(21(32)26-23(29)33)30(13-7-10-14-8-3-2-4-9-14)22(25-19)28-27-17-15-11-5-6-12-16(15)24-20(17)31/h2-6,8-9,11-12,24,31H,7,10,13H2,1H3,(H,26,32,33). The van der Waals surface area contributed by atoms with E-state index in [4.69, 9.17) is 0 Å². The molecule has 0 aliphatic heterocycles. The highest BCUT2D eigenvalue weighted by Crippen LogP contribution is 2.36. The summed E-state index contributed by atoms with van der Waals surface area (Å²) in [5, 5.41) is 19.5. The number of fused-ring (bicyclic) bond motifs is 2. The van der Waals surface area contributed by atoms with Crippen LogP contribution in [-0.2, 0) is 20.0 Å². The predicted molar refractivity (Wildman–Crippen MR) is 124 cm³/mol. The van der Waals surface area contributed by atoms with Crippen LogP contribution >= 0.6 is 0 Å². The smallest absolute Gasteiger partial charge is 0.329 e. The van der Waals surface area contributed by atoms with Gasteiger partial charge < -0.3 is 14.7 Å². The lowest BCUT2D eigenvalue weighted by Crippen LogP contribution is -2.29. The number of benzene rings is 2. The van der Waals surface area contributed by atoms with Gasteiger partial charge in [-0.1, -0.05) is 48.5 Å². The first-order chi connectivity index (χ1) is 16.0. The number of aromatic hydroxyl groups is 1. The van der Waals surface area contributed by atoms with Gasteiger partial charge in [0.25, 0.3) is 11.5 Å². The van der Waals surface area contributed by atoms with E-state index >= 15 is 0 Å². The first-order valence-corrected chi connectivity index (χ1v) is 10.5. The summed E-state index contributed by atoms with van der Waals surface area (Å²) >= 11 is 0. The van der Waals surface area contributed by atoms with Crippen LogP contribution < -0.4 is 11.2 Å². The average Bonchev–Trinajstić information content (AvgIpc) is 3.34. The molecular formula is C23H21N7O3. The summed E-state index contributed by atoms with van der Waals surface area (Å²) in [6.45, 7) is 0.445. The lowest BCUT2D eigenvalue weighted by Gasteiger charge is -2.06. The summed E-state index contributed by atoms with van der Waals surface area (Å²) in [5.41, 5.74) is 1.56. The number of aromatic nitrogens is 5. The van der Waals surface area contributed by atoms with Gasteiger partial charge in [0, 0.05) is 19.0 Å². The summed E-state index contributed by atoms with van der Waals surface area (Å²) in [6, 6.07) is 17.3. The van der Waals surface area contributed by atoms with Gasteiger partial charge in [0.05, 0.1) is 5.52 Å². The molecule has 0 spiro atoms. The van der Waals surface area contributed by atoms with Crippen LogP contribution in [0.5, 0.6) is 5.88 Å². The van der Waals surface area contributed by atoms with Crippen LogP contribution in [0.2, 0.25) is 0 Å². The Kier molecular flexibility index (Phi) is 5.09. The van der Waals surface area contributed by atoms with Crippen molar-refractivity contribution in [1.82, 2.24) is 24.1 Å². The van der Waals surface area contributed by atoms with Crippen molar-refractivity contribution < 1.29 is 5.11 Å². The van der Waals surface area contributed by atoms with Gasteiger partial charge in [-0.25, -0.2) is 4.79 Å². The molecule has 0 aliphatic carbocycles.